The lowest BCUT2D eigenvalue weighted by molar-refractivity contribution is -0.141. The van der Waals surface area contributed by atoms with Crippen molar-refractivity contribution in [3.63, 3.8) is 0 Å². The summed E-state index contributed by atoms with van der Waals surface area (Å²) >= 11 is 0. The summed E-state index contributed by atoms with van der Waals surface area (Å²) in [5.41, 5.74) is 1.28. The van der Waals surface area contributed by atoms with Crippen LogP contribution in [0.25, 0.3) is 0 Å². The molecule has 1 aromatic carbocycles. The van der Waals surface area contributed by atoms with Gasteiger partial charge in [0.2, 0.25) is 0 Å². The standard InChI is InChI=1S/C12H15NO4/c1-7-4-3-5-9(6-7)11(15)13-10(8(2)14)12(16)17/h3-6,8,10,14H,1-2H3,(H,13,15)(H,16,17). The third-order valence-electron chi connectivity index (χ3n) is 2.32. The zero-order chi connectivity index (χ0) is 13.0. The number of aliphatic carboxylic acids is 1. The summed E-state index contributed by atoms with van der Waals surface area (Å²) in [7, 11) is 0. The molecule has 2 unspecified atom stereocenters. The predicted molar refractivity (Wildman–Crippen MR) is 61.7 cm³/mol. The average molecular weight is 237 g/mol. The molecule has 17 heavy (non-hydrogen) atoms. The van der Waals surface area contributed by atoms with Crippen LogP contribution in [0, 0.1) is 6.92 Å². The second kappa shape index (κ2) is 5.45. The Bertz CT molecular complexity index is 428. The van der Waals surface area contributed by atoms with Crippen molar-refractivity contribution in [2.45, 2.75) is 26.0 Å². The summed E-state index contributed by atoms with van der Waals surface area (Å²) in [6, 6.07) is 5.48. The minimum atomic E-state index is -1.30. The van der Waals surface area contributed by atoms with Crippen LogP contribution in [-0.4, -0.2) is 34.2 Å². The predicted octanol–water partition coefficient (Wildman–Crippen LogP) is 0.559. The lowest BCUT2D eigenvalue weighted by Gasteiger charge is -2.17. The van der Waals surface area contributed by atoms with E-state index in [0.29, 0.717) is 5.56 Å². The Hall–Kier alpha value is -1.88. The minimum Gasteiger partial charge on any atom is -0.480 e. The normalized spacial score (nSPS) is 13.8. The fourth-order valence-corrected chi connectivity index (χ4v) is 1.40. The molecule has 92 valence electrons. The number of nitrogens with one attached hydrogen (secondary N) is 1. The summed E-state index contributed by atoms with van der Waals surface area (Å²) in [6.07, 6.45) is -1.15. The first kappa shape index (κ1) is 13.2. The Balaban J connectivity index is 2.81. The van der Waals surface area contributed by atoms with Gasteiger partial charge in [-0.05, 0) is 26.0 Å². The monoisotopic (exact) mass is 237 g/mol. The number of rotatable bonds is 4. The molecule has 0 bridgehead atoms. The number of aliphatic hydroxyl groups excluding tert-OH is 1. The van der Waals surface area contributed by atoms with Crippen molar-refractivity contribution in [3.8, 4) is 0 Å². The van der Waals surface area contributed by atoms with Crippen molar-refractivity contribution in [1.82, 2.24) is 5.32 Å². The molecule has 5 heteroatoms. The summed E-state index contributed by atoms with van der Waals surface area (Å²) in [5, 5.41) is 20.3. The van der Waals surface area contributed by atoms with Crippen LogP contribution in [-0.2, 0) is 4.79 Å². The number of carboxylic acid groups (broad SMARTS) is 1. The highest BCUT2D eigenvalue weighted by molar-refractivity contribution is 5.96. The highest BCUT2D eigenvalue weighted by Gasteiger charge is 2.25. The smallest absolute Gasteiger partial charge is 0.328 e. The van der Waals surface area contributed by atoms with Crippen LogP contribution >= 0.6 is 0 Å². The Kier molecular flexibility index (Phi) is 4.23. The molecule has 0 fully saturated rings. The molecule has 0 aliphatic rings. The number of benzene rings is 1. The molecular formula is C12H15NO4. The zero-order valence-electron chi connectivity index (χ0n) is 9.68. The molecule has 5 nitrogen and oxygen atoms in total. The van der Waals surface area contributed by atoms with Crippen LogP contribution in [0.4, 0.5) is 0 Å². The van der Waals surface area contributed by atoms with Crippen LogP contribution in [0.15, 0.2) is 24.3 Å². The largest absolute Gasteiger partial charge is 0.480 e. The molecule has 1 rings (SSSR count). The van der Waals surface area contributed by atoms with Crippen molar-refractivity contribution in [1.29, 1.82) is 0 Å². The van der Waals surface area contributed by atoms with Gasteiger partial charge in [-0.1, -0.05) is 17.7 Å². The quantitative estimate of drug-likeness (QED) is 0.714. The highest BCUT2D eigenvalue weighted by atomic mass is 16.4. The number of hydrogen-bond donors (Lipinski definition) is 3. The number of carbonyl (C=O) groups is 2. The van der Waals surface area contributed by atoms with Gasteiger partial charge in [-0.3, -0.25) is 4.79 Å². The van der Waals surface area contributed by atoms with E-state index in [0.717, 1.165) is 5.56 Å². The van der Waals surface area contributed by atoms with E-state index in [1.165, 1.54) is 6.92 Å². The maximum absolute atomic E-state index is 11.7. The second-order valence-corrected chi connectivity index (χ2v) is 3.90. The Labute approximate surface area is 99.1 Å². The van der Waals surface area contributed by atoms with E-state index in [9.17, 15) is 14.7 Å². The van der Waals surface area contributed by atoms with E-state index in [4.69, 9.17) is 5.11 Å². The Morgan fingerprint density at radius 1 is 1.35 bits per heavy atom. The lowest BCUT2D eigenvalue weighted by Crippen LogP contribution is -2.47. The third-order valence-corrected chi connectivity index (χ3v) is 2.32. The Morgan fingerprint density at radius 3 is 2.47 bits per heavy atom. The molecule has 3 N–H and O–H groups in total. The second-order valence-electron chi connectivity index (χ2n) is 3.90. The van der Waals surface area contributed by atoms with E-state index < -0.39 is 24.0 Å². The van der Waals surface area contributed by atoms with E-state index in [2.05, 4.69) is 5.32 Å². The van der Waals surface area contributed by atoms with Crippen molar-refractivity contribution in [2.75, 3.05) is 0 Å². The summed E-state index contributed by atoms with van der Waals surface area (Å²) in [5.74, 6) is -1.77. The fraction of sp³-hybridized carbons (Fsp3) is 0.333. The molecule has 1 amide bonds. The molecule has 0 heterocycles. The van der Waals surface area contributed by atoms with Gasteiger partial charge in [0.1, 0.15) is 0 Å². The van der Waals surface area contributed by atoms with Crippen LogP contribution in [0.3, 0.4) is 0 Å². The fourth-order valence-electron chi connectivity index (χ4n) is 1.40. The van der Waals surface area contributed by atoms with Gasteiger partial charge in [0.05, 0.1) is 6.10 Å². The molecule has 0 radical (unpaired) electrons. The topological polar surface area (TPSA) is 86.6 Å². The lowest BCUT2D eigenvalue weighted by atomic mass is 10.1. The summed E-state index contributed by atoms with van der Waals surface area (Å²) < 4.78 is 0. The number of carboxylic acids is 1. The minimum absolute atomic E-state index is 0.372. The van der Waals surface area contributed by atoms with Gasteiger partial charge in [0.15, 0.2) is 6.04 Å². The SMILES string of the molecule is Cc1cccc(C(=O)NC(C(=O)O)C(C)O)c1. The van der Waals surface area contributed by atoms with Crippen molar-refractivity contribution >= 4 is 11.9 Å². The van der Waals surface area contributed by atoms with Gasteiger partial charge < -0.3 is 15.5 Å². The maximum atomic E-state index is 11.7. The summed E-state index contributed by atoms with van der Waals surface area (Å²) in [6.45, 7) is 3.15. The van der Waals surface area contributed by atoms with E-state index in [1.807, 2.05) is 13.0 Å². The molecule has 0 saturated heterocycles. The molecule has 2 atom stereocenters. The molecule has 0 saturated carbocycles. The number of amides is 1. The van der Waals surface area contributed by atoms with Gasteiger partial charge in [-0.2, -0.15) is 0 Å². The maximum Gasteiger partial charge on any atom is 0.328 e. The van der Waals surface area contributed by atoms with E-state index >= 15 is 0 Å². The Morgan fingerprint density at radius 2 is 2.00 bits per heavy atom. The number of carbonyl (C=O) groups excluding carboxylic acids is 1. The van der Waals surface area contributed by atoms with Gasteiger partial charge in [0, 0.05) is 5.56 Å². The molecule has 0 aromatic heterocycles. The van der Waals surface area contributed by atoms with Crippen molar-refractivity contribution in [3.05, 3.63) is 35.4 Å². The highest BCUT2D eigenvalue weighted by Crippen LogP contribution is 2.05. The zero-order valence-corrected chi connectivity index (χ0v) is 9.68. The molecular weight excluding hydrogens is 222 g/mol. The van der Waals surface area contributed by atoms with Gasteiger partial charge in [-0.25, -0.2) is 4.79 Å². The average Bonchev–Trinajstić information content (AvgIpc) is 2.24. The number of aliphatic hydroxyl groups is 1. The first-order valence-corrected chi connectivity index (χ1v) is 5.20. The van der Waals surface area contributed by atoms with Crippen molar-refractivity contribution in [2.24, 2.45) is 0 Å². The first-order chi connectivity index (χ1) is 7.91. The van der Waals surface area contributed by atoms with Gasteiger partial charge >= 0.3 is 5.97 Å². The van der Waals surface area contributed by atoms with Crippen LogP contribution < -0.4 is 5.32 Å². The number of aryl methyl sites for hydroxylation is 1. The molecule has 0 aliphatic carbocycles. The first-order valence-electron chi connectivity index (χ1n) is 5.20. The van der Waals surface area contributed by atoms with Crippen LogP contribution in [0.1, 0.15) is 22.8 Å². The van der Waals surface area contributed by atoms with E-state index in [1.54, 1.807) is 18.2 Å². The third kappa shape index (κ3) is 3.57. The number of hydrogen-bond acceptors (Lipinski definition) is 3. The van der Waals surface area contributed by atoms with Gasteiger partial charge in [-0.15, -0.1) is 0 Å². The van der Waals surface area contributed by atoms with Gasteiger partial charge in [0.25, 0.3) is 5.91 Å². The molecule has 1 aromatic rings. The van der Waals surface area contributed by atoms with Crippen LogP contribution in [0.5, 0.6) is 0 Å². The van der Waals surface area contributed by atoms with E-state index in [-0.39, 0.29) is 0 Å². The molecule has 0 aliphatic heterocycles. The van der Waals surface area contributed by atoms with Crippen molar-refractivity contribution < 1.29 is 19.8 Å². The summed E-state index contributed by atoms with van der Waals surface area (Å²) in [4.78, 5) is 22.5. The van der Waals surface area contributed by atoms with Crippen LogP contribution in [0.2, 0.25) is 0 Å². The molecule has 0 spiro atoms.